The molecule has 5 fully saturated rings. The maximum atomic E-state index is 13.3. The predicted molar refractivity (Wildman–Crippen MR) is 107 cm³/mol. The molecule has 1 unspecified atom stereocenters. The Kier molecular flexibility index (Phi) is 4.46. The Morgan fingerprint density at radius 1 is 1.04 bits per heavy atom. The number of nitrogens with one attached hydrogen (secondary N) is 1. The van der Waals surface area contributed by atoms with Crippen molar-refractivity contribution < 1.29 is 14.4 Å². The van der Waals surface area contributed by atoms with Crippen LogP contribution >= 0.6 is 0 Å². The summed E-state index contributed by atoms with van der Waals surface area (Å²) in [5.74, 6) is 2.38. The van der Waals surface area contributed by atoms with Crippen molar-refractivity contribution in [3.63, 3.8) is 0 Å². The van der Waals surface area contributed by atoms with Crippen molar-refractivity contribution >= 4 is 17.3 Å². The molecule has 5 aliphatic rings. The van der Waals surface area contributed by atoms with Gasteiger partial charge in [0.05, 0.1) is 5.71 Å². The molecule has 7 atom stereocenters. The third kappa shape index (κ3) is 2.72. The van der Waals surface area contributed by atoms with Crippen LogP contribution in [0.1, 0.15) is 71.6 Å². The van der Waals surface area contributed by atoms with E-state index in [1.165, 1.54) is 0 Å². The highest BCUT2D eigenvalue weighted by molar-refractivity contribution is 5.93. The fourth-order valence-corrected chi connectivity index (χ4v) is 7.57. The molecule has 1 heterocycles. The van der Waals surface area contributed by atoms with Crippen molar-refractivity contribution in [2.75, 3.05) is 13.1 Å². The largest absolute Gasteiger partial charge is 0.391 e. The average Bonchev–Trinajstić information content (AvgIpc) is 3.29. The second-order valence-corrected chi connectivity index (χ2v) is 10.6. The summed E-state index contributed by atoms with van der Waals surface area (Å²) < 4.78 is 0. The smallest absolute Gasteiger partial charge is 0.141 e. The lowest BCUT2D eigenvalue weighted by Gasteiger charge is -2.58. The molecule has 0 radical (unpaired) electrons. The van der Waals surface area contributed by atoms with Crippen molar-refractivity contribution in [1.29, 1.82) is 0 Å². The summed E-state index contributed by atoms with van der Waals surface area (Å²) >= 11 is 0. The predicted octanol–water partition coefficient (Wildman–Crippen LogP) is 3.51. The van der Waals surface area contributed by atoms with E-state index in [-0.39, 0.29) is 22.9 Å². The molecular weight excluding hydrogens is 352 g/mol. The molecule has 0 aromatic heterocycles. The van der Waals surface area contributed by atoms with Crippen LogP contribution in [0.2, 0.25) is 0 Å². The van der Waals surface area contributed by atoms with Crippen molar-refractivity contribution in [3.8, 4) is 0 Å². The van der Waals surface area contributed by atoms with Gasteiger partial charge in [-0.15, -0.1) is 0 Å². The number of Topliss-reactive ketones (excluding diaryl/α,β-unsaturated/α-hetero) is 2. The van der Waals surface area contributed by atoms with E-state index < -0.39 is 0 Å². The Bertz CT molecular complexity index is 713. The minimum Gasteiger partial charge on any atom is -0.391 e. The van der Waals surface area contributed by atoms with E-state index in [9.17, 15) is 9.59 Å². The molecule has 0 aromatic carbocycles. The first kappa shape index (κ1) is 18.8. The normalized spacial score (nSPS) is 49.6. The second kappa shape index (κ2) is 6.65. The van der Waals surface area contributed by atoms with Gasteiger partial charge >= 0.3 is 0 Å². The van der Waals surface area contributed by atoms with E-state index in [1.807, 2.05) is 0 Å². The number of rotatable bonds is 2. The molecule has 4 aliphatic carbocycles. The molecule has 0 aromatic rings. The Balaban J connectivity index is 1.35. The Morgan fingerprint density at radius 2 is 1.89 bits per heavy atom. The maximum absolute atomic E-state index is 13.3. The maximum Gasteiger partial charge on any atom is 0.141 e. The zero-order valence-corrected chi connectivity index (χ0v) is 17.3. The number of fused-ring (bicyclic) bond motifs is 5. The molecule has 4 saturated carbocycles. The quantitative estimate of drug-likeness (QED) is 0.738. The number of oxime groups is 1. The molecule has 0 spiro atoms. The molecule has 5 nitrogen and oxygen atoms in total. The molecule has 5 heteroatoms. The first-order valence-corrected chi connectivity index (χ1v) is 11.4. The summed E-state index contributed by atoms with van der Waals surface area (Å²) in [7, 11) is 0. The minimum atomic E-state index is -0.158. The zero-order chi connectivity index (χ0) is 19.5. The minimum absolute atomic E-state index is 0.0703. The van der Waals surface area contributed by atoms with Gasteiger partial charge in [-0.2, -0.15) is 0 Å². The van der Waals surface area contributed by atoms with Crippen molar-refractivity contribution in [2.24, 2.45) is 39.7 Å². The molecule has 154 valence electrons. The van der Waals surface area contributed by atoms with Gasteiger partial charge in [0.1, 0.15) is 17.7 Å². The van der Waals surface area contributed by atoms with Gasteiger partial charge in [-0.1, -0.05) is 19.0 Å². The van der Waals surface area contributed by atoms with Crippen LogP contribution in [0.3, 0.4) is 0 Å². The summed E-state index contributed by atoms with van der Waals surface area (Å²) in [5, 5.41) is 7.78. The highest BCUT2D eigenvalue weighted by atomic mass is 16.6. The molecule has 5 rings (SSSR count). The van der Waals surface area contributed by atoms with Crippen LogP contribution in [0.5, 0.6) is 0 Å². The number of ketones is 2. The number of hydrogen-bond donors (Lipinski definition) is 1. The van der Waals surface area contributed by atoms with Crippen LogP contribution in [0.4, 0.5) is 0 Å². The van der Waals surface area contributed by atoms with E-state index >= 15 is 0 Å². The van der Waals surface area contributed by atoms with E-state index in [1.54, 1.807) is 0 Å². The third-order valence-corrected chi connectivity index (χ3v) is 9.35. The lowest BCUT2D eigenvalue weighted by atomic mass is 9.45. The van der Waals surface area contributed by atoms with Gasteiger partial charge in [0.25, 0.3) is 0 Å². The van der Waals surface area contributed by atoms with Crippen LogP contribution in [0.25, 0.3) is 0 Å². The van der Waals surface area contributed by atoms with Crippen LogP contribution in [0.15, 0.2) is 5.16 Å². The molecule has 1 saturated heterocycles. The van der Waals surface area contributed by atoms with E-state index in [0.717, 1.165) is 70.2 Å². The highest BCUT2D eigenvalue weighted by Crippen LogP contribution is 2.64. The van der Waals surface area contributed by atoms with Crippen molar-refractivity contribution in [1.82, 2.24) is 5.32 Å². The Morgan fingerprint density at radius 3 is 2.68 bits per heavy atom. The van der Waals surface area contributed by atoms with Gasteiger partial charge in [-0.05, 0) is 68.2 Å². The molecule has 0 bridgehead atoms. The third-order valence-electron chi connectivity index (χ3n) is 9.35. The van der Waals surface area contributed by atoms with E-state index in [4.69, 9.17) is 4.84 Å². The van der Waals surface area contributed by atoms with Crippen LogP contribution in [-0.4, -0.2) is 36.5 Å². The molecule has 1 N–H and O–H groups in total. The van der Waals surface area contributed by atoms with Crippen molar-refractivity contribution in [3.05, 3.63) is 0 Å². The lowest BCUT2D eigenvalue weighted by molar-refractivity contribution is -0.152. The standard InChI is InChI=1S/C23H34N2O3/c1-22-8-5-14(25-28-15-7-10-24-13-15)11-19(22)20(26)12-16-17-3-4-21(27)23(17,2)9-6-18(16)22/h15-19,24H,3-13H2,1-2H3/b25-14+/t15-,16+,17+,18+,19?,22-,23+/m1/s1. The molecule has 1 aliphatic heterocycles. The molecule has 0 amide bonds. The van der Waals surface area contributed by atoms with Crippen LogP contribution in [0, 0.1) is 34.5 Å². The van der Waals surface area contributed by atoms with E-state index in [2.05, 4.69) is 24.3 Å². The van der Waals surface area contributed by atoms with E-state index in [0.29, 0.717) is 35.7 Å². The monoisotopic (exact) mass is 386 g/mol. The summed E-state index contributed by atoms with van der Waals surface area (Å²) in [6.07, 6.45) is 8.50. The average molecular weight is 387 g/mol. The fourth-order valence-electron chi connectivity index (χ4n) is 7.57. The van der Waals surface area contributed by atoms with Crippen molar-refractivity contribution in [2.45, 2.75) is 77.7 Å². The van der Waals surface area contributed by atoms with Crippen LogP contribution < -0.4 is 5.32 Å². The van der Waals surface area contributed by atoms with Gasteiger partial charge in [-0.3, -0.25) is 9.59 Å². The number of hydrogen-bond acceptors (Lipinski definition) is 5. The summed E-state index contributed by atoms with van der Waals surface area (Å²) in [4.78, 5) is 31.6. The number of nitrogens with zero attached hydrogens (tertiary/aromatic N) is 1. The van der Waals surface area contributed by atoms with Gasteiger partial charge < -0.3 is 10.2 Å². The zero-order valence-electron chi connectivity index (χ0n) is 17.3. The summed E-state index contributed by atoms with van der Waals surface area (Å²) in [6, 6.07) is 0. The van der Waals surface area contributed by atoms with Crippen LogP contribution in [-0.2, 0) is 14.4 Å². The Labute approximate surface area is 168 Å². The first-order chi connectivity index (χ1) is 13.4. The molecule has 28 heavy (non-hydrogen) atoms. The molecular formula is C23H34N2O3. The lowest BCUT2D eigenvalue weighted by Crippen LogP contribution is -2.56. The SMILES string of the molecule is C[C@]12CC/C(=N\O[C@@H]3CCNC3)CC1C(=O)C[C@@H]1[C@@H]2CC[C@]2(C)C(=O)CC[C@@H]12. The Hall–Kier alpha value is -1.23. The van der Waals surface area contributed by atoms with Gasteiger partial charge in [-0.25, -0.2) is 0 Å². The first-order valence-electron chi connectivity index (χ1n) is 11.4. The van der Waals surface area contributed by atoms with Gasteiger partial charge in [0, 0.05) is 37.1 Å². The second-order valence-electron chi connectivity index (χ2n) is 10.6. The van der Waals surface area contributed by atoms with Gasteiger partial charge in [0.15, 0.2) is 0 Å². The summed E-state index contributed by atoms with van der Waals surface area (Å²) in [5.41, 5.74) is 0.994. The van der Waals surface area contributed by atoms with Gasteiger partial charge in [0.2, 0.25) is 0 Å². The highest BCUT2D eigenvalue weighted by Gasteiger charge is 2.62. The number of carbonyl (C=O) groups is 2. The summed E-state index contributed by atoms with van der Waals surface area (Å²) in [6.45, 7) is 6.42. The topological polar surface area (TPSA) is 67.8 Å². The fraction of sp³-hybridized carbons (Fsp3) is 0.870. The number of carbonyl (C=O) groups excluding carboxylic acids is 2.